The summed E-state index contributed by atoms with van der Waals surface area (Å²) in [6.07, 6.45) is 0. The van der Waals surface area contributed by atoms with Crippen LogP contribution >= 0.6 is 11.6 Å². The number of pyridine rings is 1. The Morgan fingerprint density at radius 2 is 1.65 bits per heavy atom. The third-order valence-corrected chi connectivity index (χ3v) is 3.39. The maximum Gasteiger partial charge on any atom is 0.163 e. The monoisotopic (exact) mass is 293 g/mol. The lowest BCUT2D eigenvalue weighted by atomic mass is 10.0. The van der Waals surface area contributed by atoms with Gasteiger partial charge in [-0.2, -0.15) is 0 Å². The fraction of sp³-hybridized carbons (Fsp3) is 0.438. The van der Waals surface area contributed by atoms with Crippen molar-refractivity contribution in [3.8, 4) is 11.5 Å². The number of hydrogen-bond acceptors (Lipinski definition) is 3. The summed E-state index contributed by atoms with van der Waals surface area (Å²) >= 11 is 6.25. The number of ether oxygens (including phenoxy) is 2. The molecule has 0 bridgehead atoms. The first kappa shape index (κ1) is 14.9. The van der Waals surface area contributed by atoms with Crippen LogP contribution in [0.3, 0.4) is 0 Å². The molecule has 0 aliphatic rings. The zero-order chi connectivity index (χ0) is 14.7. The number of rotatable bonds is 5. The number of hydrogen-bond donors (Lipinski definition) is 0. The number of benzene rings is 1. The molecule has 0 spiro atoms. The molecular weight excluding hydrogens is 274 g/mol. The maximum atomic E-state index is 6.25. The van der Waals surface area contributed by atoms with Crippen LogP contribution in [-0.2, 0) is 0 Å². The van der Waals surface area contributed by atoms with Crippen LogP contribution in [0.2, 0.25) is 5.15 Å². The molecule has 2 rings (SSSR count). The van der Waals surface area contributed by atoms with Gasteiger partial charge in [-0.05, 0) is 37.5 Å². The molecule has 0 amide bonds. The minimum atomic E-state index is 0.335. The van der Waals surface area contributed by atoms with Gasteiger partial charge in [0.15, 0.2) is 11.5 Å². The Balaban J connectivity index is 2.61. The van der Waals surface area contributed by atoms with Crippen molar-refractivity contribution in [3.05, 3.63) is 28.9 Å². The van der Waals surface area contributed by atoms with Crippen LogP contribution in [0.5, 0.6) is 11.5 Å². The van der Waals surface area contributed by atoms with Crippen molar-refractivity contribution in [2.45, 2.75) is 33.6 Å². The first-order valence-corrected chi connectivity index (χ1v) is 7.34. The smallest absolute Gasteiger partial charge is 0.163 e. The molecule has 4 heteroatoms. The lowest BCUT2D eigenvalue weighted by molar-refractivity contribution is 0.288. The normalized spacial score (nSPS) is 11.1. The summed E-state index contributed by atoms with van der Waals surface area (Å²) in [7, 11) is 0. The van der Waals surface area contributed by atoms with Crippen LogP contribution in [0.4, 0.5) is 0 Å². The van der Waals surface area contributed by atoms with Crippen molar-refractivity contribution < 1.29 is 9.47 Å². The highest BCUT2D eigenvalue weighted by molar-refractivity contribution is 6.30. The molecule has 108 valence electrons. The number of fused-ring (bicyclic) bond motifs is 1. The third kappa shape index (κ3) is 2.98. The fourth-order valence-electron chi connectivity index (χ4n) is 2.12. The average Bonchev–Trinajstić information content (AvgIpc) is 2.39. The van der Waals surface area contributed by atoms with Gasteiger partial charge >= 0.3 is 0 Å². The highest BCUT2D eigenvalue weighted by Crippen LogP contribution is 2.35. The van der Waals surface area contributed by atoms with E-state index in [4.69, 9.17) is 21.1 Å². The van der Waals surface area contributed by atoms with Crippen molar-refractivity contribution >= 4 is 22.5 Å². The average molecular weight is 294 g/mol. The van der Waals surface area contributed by atoms with Crippen molar-refractivity contribution in [3.63, 3.8) is 0 Å². The van der Waals surface area contributed by atoms with Crippen molar-refractivity contribution in [2.75, 3.05) is 13.2 Å². The highest BCUT2D eigenvalue weighted by Gasteiger charge is 2.12. The summed E-state index contributed by atoms with van der Waals surface area (Å²) in [4.78, 5) is 4.47. The Morgan fingerprint density at radius 3 is 2.20 bits per heavy atom. The molecule has 0 saturated heterocycles. The number of nitrogens with zero attached hydrogens (tertiary/aromatic N) is 1. The van der Waals surface area contributed by atoms with Gasteiger partial charge in [0.1, 0.15) is 5.15 Å². The second kappa shape index (κ2) is 6.31. The summed E-state index contributed by atoms with van der Waals surface area (Å²) in [6.45, 7) is 9.30. The molecule has 0 atom stereocenters. The molecule has 0 aliphatic heterocycles. The molecule has 1 heterocycles. The van der Waals surface area contributed by atoms with E-state index in [9.17, 15) is 0 Å². The van der Waals surface area contributed by atoms with Crippen LogP contribution in [0.15, 0.2) is 18.2 Å². The molecule has 1 aromatic carbocycles. The van der Waals surface area contributed by atoms with Crippen LogP contribution in [0.25, 0.3) is 10.9 Å². The van der Waals surface area contributed by atoms with E-state index in [2.05, 4.69) is 24.9 Å². The van der Waals surface area contributed by atoms with Gasteiger partial charge in [0, 0.05) is 11.5 Å². The molecule has 0 saturated carbocycles. The van der Waals surface area contributed by atoms with Crippen LogP contribution in [0, 0.1) is 0 Å². The Kier molecular flexibility index (Phi) is 4.71. The van der Waals surface area contributed by atoms with Gasteiger partial charge in [-0.1, -0.05) is 25.4 Å². The van der Waals surface area contributed by atoms with Crippen LogP contribution in [0.1, 0.15) is 39.2 Å². The van der Waals surface area contributed by atoms with E-state index in [1.807, 2.05) is 26.0 Å². The van der Waals surface area contributed by atoms with E-state index in [-0.39, 0.29) is 0 Å². The predicted molar refractivity (Wildman–Crippen MR) is 83.2 cm³/mol. The first-order valence-electron chi connectivity index (χ1n) is 6.96. The van der Waals surface area contributed by atoms with E-state index < -0.39 is 0 Å². The van der Waals surface area contributed by atoms with Gasteiger partial charge in [0.25, 0.3) is 0 Å². The van der Waals surface area contributed by atoms with Crippen molar-refractivity contribution in [1.82, 2.24) is 4.98 Å². The molecular formula is C16H20ClNO2. The molecule has 3 nitrogen and oxygen atoms in total. The van der Waals surface area contributed by atoms with Gasteiger partial charge in [-0.15, -0.1) is 0 Å². The standard InChI is InChI=1S/C16H20ClNO2/c1-5-19-14-8-11-7-12(10(3)4)16(17)18-13(11)9-15(14)20-6-2/h7-10H,5-6H2,1-4H3. The summed E-state index contributed by atoms with van der Waals surface area (Å²) in [5.41, 5.74) is 1.87. The Morgan fingerprint density at radius 1 is 1.05 bits per heavy atom. The van der Waals surface area contributed by atoms with E-state index in [0.29, 0.717) is 30.0 Å². The molecule has 20 heavy (non-hydrogen) atoms. The molecule has 2 aromatic rings. The zero-order valence-electron chi connectivity index (χ0n) is 12.4. The summed E-state index contributed by atoms with van der Waals surface area (Å²) in [5, 5.41) is 1.57. The Bertz CT molecular complexity index is 611. The van der Waals surface area contributed by atoms with Crippen molar-refractivity contribution in [1.29, 1.82) is 0 Å². The maximum absolute atomic E-state index is 6.25. The highest BCUT2D eigenvalue weighted by atomic mass is 35.5. The minimum absolute atomic E-state index is 0.335. The van der Waals surface area contributed by atoms with E-state index >= 15 is 0 Å². The van der Waals surface area contributed by atoms with Gasteiger partial charge in [-0.25, -0.2) is 4.98 Å². The lowest BCUT2D eigenvalue weighted by Crippen LogP contribution is -1.99. The van der Waals surface area contributed by atoms with E-state index in [1.165, 1.54) is 0 Å². The molecule has 1 aromatic heterocycles. The summed E-state index contributed by atoms with van der Waals surface area (Å²) in [6, 6.07) is 5.94. The van der Waals surface area contributed by atoms with E-state index in [0.717, 1.165) is 22.2 Å². The third-order valence-electron chi connectivity index (χ3n) is 3.08. The van der Waals surface area contributed by atoms with E-state index in [1.54, 1.807) is 0 Å². The molecule has 0 fully saturated rings. The molecule has 0 aliphatic carbocycles. The Labute approximate surface area is 124 Å². The minimum Gasteiger partial charge on any atom is -0.490 e. The van der Waals surface area contributed by atoms with Crippen LogP contribution in [-0.4, -0.2) is 18.2 Å². The fourth-order valence-corrected chi connectivity index (χ4v) is 2.48. The molecule has 0 radical (unpaired) electrons. The summed E-state index contributed by atoms with van der Waals surface area (Å²) < 4.78 is 11.2. The van der Waals surface area contributed by atoms with Crippen molar-refractivity contribution in [2.24, 2.45) is 0 Å². The number of halogens is 1. The second-order valence-electron chi connectivity index (χ2n) is 4.88. The Hall–Kier alpha value is -1.48. The molecule has 0 N–H and O–H groups in total. The first-order chi connectivity index (χ1) is 9.56. The molecule has 0 unspecified atom stereocenters. The van der Waals surface area contributed by atoms with Gasteiger partial charge < -0.3 is 9.47 Å². The number of aromatic nitrogens is 1. The topological polar surface area (TPSA) is 31.4 Å². The zero-order valence-corrected chi connectivity index (χ0v) is 13.1. The largest absolute Gasteiger partial charge is 0.490 e. The van der Waals surface area contributed by atoms with Crippen LogP contribution < -0.4 is 9.47 Å². The second-order valence-corrected chi connectivity index (χ2v) is 5.24. The summed E-state index contributed by atoms with van der Waals surface area (Å²) in [5.74, 6) is 1.80. The van der Waals surface area contributed by atoms with Gasteiger partial charge in [-0.3, -0.25) is 0 Å². The van der Waals surface area contributed by atoms with Gasteiger partial charge in [0.05, 0.1) is 18.7 Å². The predicted octanol–water partition coefficient (Wildman–Crippen LogP) is 4.81. The SMILES string of the molecule is CCOc1cc2cc(C(C)C)c(Cl)nc2cc1OCC. The van der Waals surface area contributed by atoms with Gasteiger partial charge in [0.2, 0.25) is 0 Å². The quantitative estimate of drug-likeness (QED) is 0.741. The lowest BCUT2D eigenvalue weighted by Gasteiger charge is -2.14.